The van der Waals surface area contributed by atoms with E-state index in [1.807, 2.05) is 28.8 Å². The SMILES string of the molecule is CCCCCCCCc1nc2ccccc2n1CC(=O)O. The molecule has 0 atom stereocenters. The van der Waals surface area contributed by atoms with Crippen LogP contribution in [0.1, 0.15) is 51.3 Å². The summed E-state index contributed by atoms with van der Waals surface area (Å²) in [5, 5.41) is 9.09. The zero-order valence-electron chi connectivity index (χ0n) is 12.7. The van der Waals surface area contributed by atoms with Gasteiger partial charge in [0.1, 0.15) is 12.4 Å². The number of hydrogen-bond donors (Lipinski definition) is 1. The molecule has 0 aliphatic heterocycles. The molecule has 0 bridgehead atoms. The molecule has 0 saturated carbocycles. The number of benzene rings is 1. The van der Waals surface area contributed by atoms with Crippen molar-refractivity contribution in [2.24, 2.45) is 0 Å². The lowest BCUT2D eigenvalue weighted by Crippen LogP contribution is -2.12. The van der Waals surface area contributed by atoms with Crippen LogP contribution in [0.3, 0.4) is 0 Å². The lowest BCUT2D eigenvalue weighted by atomic mass is 10.1. The highest BCUT2D eigenvalue weighted by Gasteiger charge is 2.12. The number of aliphatic carboxylic acids is 1. The lowest BCUT2D eigenvalue weighted by Gasteiger charge is -2.06. The molecule has 2 aromatic rings. The van der Waals surface area contributed by atoms with Gasteiger partial charge in [0.05, 0.1) is 11.0 Å². The van der Waals surface area contributed by atoms with Gasteiger partial charge in [-0.15, -0.1) is 0 Å². The molecular formula is C17H24N2O2. The monoisotopic (exact) mass is 288 g/mol. The van der Waals surface area contributed by atoms with Crippen molar-refractivity contribution in [1.82, 2.24) is 9.55 Å². The van der Waals surface area contributed by atoms with E-state index in [-0.39, 0.29) is 6.54 Å². The Morgan fingerprint density at radius 1 is 1.14 bits per heavy atom. The zero-order chi connectivity index (χ0) is 15.1. The number of carbonyl (C=O) groups is 1. The van der Waals surface area contributed by atoms with E-state index < -0.39 is 5.97 Å². The Morgan fingerprint density at radius 3 is 2.62 bits per heavy atom. The molecule has 114 valence electrons. The summed E-state index contributed by atoms with van der Waals surface area (Å²) in [6.45, 7) is 2.21. The molecule has 1 aromatic heterocycles. The topological polar surface area (TPSA) is 55.1 Å². The van der Waals surface area contributed by atoms with Crippen LogP contribution in [0.2, 0.25) is 0 Å². The number of hydrogen-bond acceptors (Lipinski definition) is 2. The van der Waals surface area contributed by atoms with E-state index in [0.717, 1.165) is 29.7 Å². The normalized spacial score (nSPS) is 11.1. The van der Waals surface area contributed by atoms with Crippen molar-refractivity contribution < 1.29 is 9.90 Å². The van der Waals surface area contributed by atoms with Crippen LogP contribution in [-0.4, -0.2) is 20.6 Å². The van der Waals surface area contributed by atoms with Crippen LogP contribution in [0, 0.1) is 0 Å². The summed E-state index contributed by atoms with van der Waals surface area (Å²) >= 11 is 0. The maximum Gasteiger partial charge on any atom is 0.323 e. The number of carboxylic acid groups (broad SMARTS) is 1. The summed E-state index contributed by atoms with van der Waals surface area (Å²) in [6.07, 6.45) is 8.23. The predicted octanol–water partition coefficient (Wildman–Crippen LogP) is 4.02. The van der Waals surface area contributed by atoms with Gasteiger partial charge in [-0.1, -0.05) is 51.2 Å². The van der Waals surface area contributed by atoms with E-state index in [9.17, 15) is 4.79 Å². The van der Waals surface area contributed by atoms with Crippen molar-refractivity contribution in [3.8, 4) is 0 Å². The molecule has 1 N–H and O–H groups in total. The number of aromatic nitrogens is 2. The summed E-state index contributed by atoms with van der Waals surface area (Å²) in [7, 11) is 0. The fourth-order valence-electron chi connectivity index (χ4n) is 2.69. The van der Waals surface area contributed by atoms with Crippen molar-refractivity contribution in [1.29, 1.82) is 0 Å². The molecule has 0 fully saturated rings. The second-order valence-corrected chi connectivity index (χ2v) is 5.51. The van der Waals surface area contributed by atoms with Gasteiger partial charge in [-0.3, -0.25) is 4.79 Å². The molecule has 1 aromatic carbocycles. The van der Waals surface area contributed by atoms with Crippen molar-refractivity contribution in [3.63, 3.8) is 0 Å². The third kappa shape index (κ3) is 4.31. The third-order valence-electron chi connectivity index (χ3n) is 3.78. The second-order valence-electron chi connectivity index (χ2n) is 5.51. The molecule has 4 nitrogen and oxygen atoms in total. The molecule has 0 amide bonds. The van der Waals surface area contributed by atoms with Crippen LogP contribution in [0.5, 0.6) is 0 Å². The van der Waals surface area contributed by atoms with Crippen LogP contribution in [0.4, 0.5) is 0 Å². The van der Waals surface area contributed by atoms with Gasteiger partial charge in [-0.25, -0.2) is 4.98 Å². The largest absolute Gasteiger partial charge is 0.480 e. The van der Waals surface area contributed by atoms with Gasteiger partial charge >= 0.3 is 5.97 Å². The Kier molecular flexibility index (Phi) is 5.78. The lowest BCUT2D eigenvalue weighted by molar-refractivity contribution is -0.137. The molecule has 0 radical (unpaired) electrons. The average Bonchev–Trinajstić information content (AvgIpc) is 2.80. The Bertz CT molecular complexity index is 589. The van der Waals surface area contributed by atoms with E-state index in [1.54, 1.807) is 0 Å². The molecule has 1 heterocycles. The van der Waals surface area contributed by atoms with Gasteiger partial charge < -0.3 is 9.67 Å². The van der Waals surface area contributed by atoms with Gasteiger partial charge in [0, 0.05) is 6.42 Å². The Morgan fingerprint density at radius 2 is 1.86 bits per heavy atom. The molecule has 0 saturated heterocycles. The summed E-state index contributed by atoms with van der Waals surface area (Å²) in [5.41, 5.74) is 1.81. The molecular weight excluding hydrogens is 264 g/mol. The summed E-state index contributed by atoms with van der Waals surface area (Å²) in [4.78, 5) is 15.7. The van der Waals surface area contributed by atoms with Gasteiger partial charge in [-0.05, 0) is 18.6 Å². The fraction of sp³-hybridized carbons (Fsp3) is 0.529. The molecule has 0 spiro atoms. The minimum atomic E-state index is -0.817. The van der Waals surface area contributed by atoms with E-state index >= 15 is 0 Å². The Hall–Kier alpha value is -1.84. The molecule has 0 aliphatic rings. The first kappa shape index (κ1) is 15.5. The third-order valence-corrected chi connectivity index (χ3v) is 3.78. The van der Waals surface area contributed by atoms with Gasteiger partial charge in [0.25, 0.3) is 0 Å². The molecule has 2 rings (SSSR count). The van der Waals surface area contributed by atoms with Crippen LogP contribution >= 0.6 is 0 Å². The second kappa shape index (κ2) is 7.81. The summed E-state index contributed by atoms with van der Waals surface area (Å²) < 4.78 is 1.84. The number of para-hydroxylation sites is 2. The van der Waals surface area contributed by atoms with Gasteiger partial charge in [0.2, 0.25) is 0 Å². The maximum atomic E-state index is 11.1. The van der Waals surface area contributed by atoms with Crippen molar-refractivity contribution >= 4 is 17.0 Å². The number of imidazole rings is 1. The maximum absolute atomic E-state index is 11.1. The molecule has 4 heteroatoms. The van der Waals surface area contributed by atoms with Crippen molar-refractivity contribution in [2.45, 2.75) is 58.4 Å². The highest BCUT2D eigenvalue weighted by molar-refractivity contribution is 5.78. The van der Waals surface area contributed by atoms with Gasteiger partial charge in [-0.2, -0.15) is 0 Å². The van der Waals surface area contributed by atoms with Crippen LogP contribution in [-0.2, 0) is 17.8 Å². The summed E-state index contributed by atoms with van der Waals surface area (Å²) in [5.74, 6) is 0.0800. The number of aryl methyl sites for hydroxylation is 1. The van der Waals surface area contributed by atoms with E-state index in [1.165, 1.54) is 32.1 Å². The Labute approximate surface area is 125 Å². The minimum Gasteiger partial charge on any atom is -0.480 e. The number of rotatable bonds is 9. The fourth-order valence-corrected chi connectivity index (χ4v) is 2.69. The molecule has 21 heavy (non-hydrogen) atoms. The van der Waals surface area contributed by atoms with Gasteiger partial charge in [0.15, 0.2) is 0 Å². The van der Waals surface area contributed by atoms with Crippen molar-refractivity contribution in [3.05, 3.63) is 30.1 Å². The highest BCUT2D eigenvalue weighted by Crippen LogP contribution is 2.18. The predicted molar refractivity (Wildman–Crippen MR) is 84.4 cm³/mol. The first-order chi connectivity index (χ1) is 10.2. The molecule has 0 unspecified atom stereocenters. The van der Waals surface area contributed by atoms with E-state index in [4.69, 9.17) is 5.11 Å². The number of fused-ring (bicyclic) bond motifs is 1. The standard InChI is InChI=1S/C17H24N2O2/c1-2-3-4-5-6-7-12-16-18-14-10-8-9-11-15(14)19(16)13-17(20)21/h8-11H,2-7,12-13H2,1H3,(H,20,21). The minimum absolute atomic E-state index is 0.00825. The first-order valence-electron chi connectivity index (χ1n) is 7.88. The average molecular weight is 288 g/mol. The highest BCUT2D eigenvalue weighted by atomic mass is 16.4. The first-order valence-corrected chi connectivity index (χ1v) is 7.88. The number of nitrogens with zero attached hydrogens (tertiary/aromatic N) is 2. The quantitative estimate of drug-likeness (QED) is 0.709. The number of unbranched alkanes of at least 4 members (excludes halogenated alkanes) is 5. The van der Waals surface area contributed by atoms with Crippen molar-refractivity contribution in [2.75, 3.05) is 0 Å². The smallest absolute Gasteiger partial charge is 0.323 e. The van der Waals surface area contributed by atoms with Crippen LogP contribution < -0.4 is 0 Å². The van der Waals surface area contributed by atoms with Crippen LogP contribution in [0.15, 0.2) is 24.3 Å². The molecule has 0 aliphatic carbocycles. The van der Waals surface area contributed by atoms with Crippen LogP contribution in [0.25, 0.3) is 11.0 Å². The van der Waals surface area contributed by atoms with E-state index in [2.05, 4.69) is 11.9 Å². The number of carboxylic acids is 1. The Balaban J connectivity index is 2.02. The van der Waals surface area contributed by atoms with E-state index in [0.29, 0.717) is 0 Å². The zero-order valence-corrected chi connectivity index (χ0v) is 12.7. The summed E-state index contributed by atoms with van der Waals surface area (Å²) in [6, 6.07) is 7.75.